The maximum Gasteiger partial charge on any atom is 0.0495 e. The predicted octanol–water partition coefficient (Wildman–Crippen LogP) is 6.77. The normalized spacial score (nSPS) is 13.2. The summed E-state index contributed by atoms with van der Waals surface area (Å²) >= 11 is 0. The van der Waals surface area contributed by atoms with Gasteiger partial charge in [-0.1, -0.05) is 5.11 Å². The maximum absolute atomic E-state index is 8.01. The molecule has 0 aromatic heterocycles. The van der Waals surface area contributed by atoms with E-state index in [0.717, 1.165) is 26.1 Å². The summed E-state index contributed by atoms with van der Waals surface area (Å²) in [6, 6.07) is 0. The lowest BCUT2D eigenvalue weighted by Gasteiger charge is -2.19. The van der Waals surface area contributed by atoms with Crippen molar-refractivity contribution >= 4 is 0 Å². The van der Waals surface area contributed by atoms with Crippen molar-refractivity contribution in [1.29, 1.82) is 0 Å². The second kappa shape index (κ2) is 74.2. The summed E-state index contributed by atoms with van der Waals surface area (Å²) in [6.07, 6.45) is 2.24. The van der Waals surface area contributed by atoms with Gasteiger partial charge in [-0.05, 0) is 24.3 Å². The van der Waals surface area contributed by atoms with Crippen LogP contribution in [0.15, 0.2) is 5.11 Å². The van der Waals surface area contributed by atoms with Crippen molar-refractivity contribution < 1.29 is 59.6 Å². The van der Waals surface area contributed by atoms with Crippen molar-refractivity contribution in [2.24, 2.45) is 11.0 Å². The van der Waals surface area contributed by atoms with Crippen LogP contribution in [0.3, 0.4) is 0 Å². The van der Waals surface area contributed by atoms with Crippen LogP contribution in [0.2, 0.25) is 0 Å². The first-order valence-electron chi connectivity index (χ1n) is 4.38. The highest BCUT2D eigenvalue weighted by atomic mass is 20.0. The quantitative estimate of drug-likeness (QED) is 0.229. The molecule has 0 spiro atoms. The third kappa shape index (κ3) is 51.5. The summed E-state index contributed by atoms with van der Waals surface area (Å²) in [5, 5.41) is 3.50. The van der Waals surface area contributed by atoms with E-state index in [9.17, 15) is 0 Å². The van der Waals surface area contributed by atoms with Gasteiger partial charge in [0.1, 0.15) is 0 Å². The smallest absolute Gasteiger partial charge is 0.0495 e. The van der Waals surface area contributed by atoms with Crippen molar-refractivity contribution in [1.82, 2.24) is 0 Å². The summed E-state index contributed by atoms with van der Waals surface area (Å²) < 4.78 is 101. The molecule has 0 aromatic carbocycles. The summed E-state index contributed by atoms with van der Waals surface area (Å²) in [5.41, 5.74) is 8.01. The summed E-state index contributed by atoms with van der Waals surface area (Å²) in [5.74, 6) is 0.463. The van der Waals surface area contributed by atoms with Crippen LogP contribution in [-0.2, 0) is 4.74 Å². The van der Waals surface area contributed by atoms with Gasteiger partial charge in [0, 0.05) is 79.6 Å². The van der Waals surface area contributed by atoms with Crippen LogP contribution in [0.4, 0.5) is 54.9 Å². The monoisotopic (exact) mass is 369 g/mol. The Morgan fingerprint density at radius 1 is 0.864 bits per heavy atom. The molecule has 1 saturated heterocycles. The Morgan fingerprint density at radius 2 is 1.27 bits per heavy atom. The zero-order valence-electron chi connectivity index (χ0n) is 10.4. The highest BCUT2D eigenvalue weighted by Crippen LogP contribution is 2.13. The molecule has 140 valence electrons. The van der Waals surface area contributed by atoms with E-state index >= 15 is 0 Å². The molecule has 0 aliphatic carbocycles. The molecule has 4 nitrogen and oxygen atoms in total. The van der Waals surface area contributed by atoms with Gasteiger partial charge in [0.25, 0.3) is 0 Å². The molecule has 1 unspecified atom stereocenters. The Hall–Kier alpha value is -1.57. The van der Waals surface area contributed by atoms with Crippen LogP contribution in [0.25, 0.3) is 10.4 Å². The van der Waals surface area contributed by atoms with E-state index < -0.39 is 0 Å². The molecule has 0 radical (unpaired) electrons. The molecule has 1 heterocycles. The summed E-state index contributed by atoms with van der Waals surface area (Å²) in [7, 11) is 0. The van der Waals surface area contributed by atoms with Gasteiger partial charge in [-0.2, -0.15) is 0 Å². The second-order valence-electron chi connectivity index (χ2n) is 2.50. The molecule has 22 heavy (non-hydrogen) atoms. The molecular formula is C6H11F12N3O. The molecule has 0 amide bonds. The Balaban J connectivity index is -0.0000000453. The molecule has 1 aliphatic heterocycles. The number of azide groups is 1. The number of hydrogen-bond donors (Lipinski definition) is 0. The molecule has 0 bridgehead atoms. The fraction of sp³-hybridized carbons (Fsp3) is 1.00. The van der Waals surface area contributed by atoms with E-state index in [0.29, 0.717) is 12.5 Å². The maximum atomic E-state index is 8.01. The van der Waals surface area contributed by atoms with Gasteiger partial charge < -0.3 is 4.74 Å². The third-order valence-corrected chi connectivity index (χ3v) is 1.66. The van der Waals surface area contributed by atoms with Crippen LogP contribution >= 0.6 is 0 Å². The van der Waals surface area contributed by atoms with Crippen LogP contribution in [0.1, 0.15) is 12.8 Å². The van der Waals surface area contributed by atoms with Gasteiger partial charge in [0.2, 0.25) is 0 Å². The lowest BCUT2D eigenvalue weighted by molar-refractivity contribution is 0.0581. The van der Waals surface area contributed by atoms with Gasteiger partial charge >= 0.3 is 0 Å². The van der Waals surface area contributed by atoms with Crippen LogP contribution < -0.4 is 0 Å². The fourth-order valence-electron chi connectivity index (χ4n) is 1.10. The molecule has 0 N–H and O–H groups in total. The van der Waals surface area contributed by atoms with E-state index in [4.69, 9.17) is 65.2 Å². The molecule has 1 aliphatic rings. The molecule has 16 heteroatoms. The van der Waals surface area contributed by atoms with Crippen LogP contribution in [0, 0.1) is 5.92 Å². The Bertz CT molecular complexity index is 158. The topological polar surface area (TPSA) is 58.0 Å². The number of halogens is 12. The summed E-state index contributed by atoms with van der Waals surface area (Å²) in [4.78, 5) is 2.70. The summed E-state index contributed by atoms with van der Waals surface area (Å²) in [6.45, 7) is 2.22. The van der Waals surface area contributed by atoms with Crippen LogP contribution in [-0.4, -0.2) is 19.8 Å². The zero-order valence-corrected chi connectivity index (χ0v) is 10.4. The first-order chi connectivity index (χ1) is 10.9. The third-order valence-electron chi connectivity index (χ3n) is 1.66. The molecule has 1 atom stereocenters. The van der Waals surface area contributed by atoms with Crippen molar-refractivity contribution in [2.45, 2.75) is 12.8 Å². The van der Waals surface area contributed by atoms with Crippen molar-refractivity contribution in [3.63, 3.8) is 0 Å². The highest BCUT2D eigenvalue weighted by molar-refractivity contribution is 4.65. The number of rotatable bonds is 2. The van der Waals surface area contributed by atoms with Crippen LogP contribution in [0.5, 0.6) is 0 Å². The Morgan fingerprint density at radius 3 is 1.55 bits per heavy atom. The zero-order chi connectivity index (χ0) is 19.2. The van der Waals surface area contributed by atoms with Crippen molar-refractivity contribution in [3.05, 3.63) is 10.4 Å². The Kier molecular flexibility index (Phi) is 125. The minimum absolute atomic E-state index is 0.463. The lowest BCUT2D eigenvalue weighted by Crippen LogP contribution is -2.19. The molecule has 0 aromatic rings. The first-order valence-corrected chi connectivity index (χ1v) is 4.38. The molecular weight excluding hydrogens is 358 g/mol. The van der Waals surface area contributed by atoms with Crippen molar-refractivity contribution in [3.8, 4) is 0 Å². The average Bonchev–Trinajstić information content (AvgIpc) is 2.70. The SMILES string of the molecule is FF.FF.FF.FF.FF.FF.[N-]=[N+]=NCC1CCCOC1. The second-order valence-corrected chi connectivity index (χ2v) is 2.50. The number of nitrogens with zero attached hydrogens (tertiary/aromatic N) is 3. The van der Waals surface area contributed by atoms with E-state index in [1.165, 1.54) is 0 Å². The minimum atomic E-state index is 0.463. The largest absolute Gasteiger partial charge is 0.381 e. The number of ether oxygens (including phenoxy) is 1. The number of hydrogen-bond acceptors (Lipinski definition) is 2. The average molecular weight is 369 g/mol. The van der Waals surface area contributed by atoms with Crippen molar-refractivity contribution in [2.75, 3.05) is 19.8 Å². The van der Waals surface area contributed by atoms with Gasteiger partial charge in [-0.25, -0.2) is 0 Å². The van der Waals surface area contributed by atoms with Gasteiger partial charge in [-0.3, -0.25) is 0 Å². The van der Waals surface area contributed by atoms with Gasteiger partial charge in [-0.15, -0.1) is 0 Å². The Labute approximate surface area is 115 Å². The standard InChI is InChI=1S/C6H11N3O.6F2/c7-9-8-4-6-2-1-3-10-5-6;6*1-2/h6H,1-5H2;;;;;;. The molecule has 1 fully saturated rings. The van der Waals surface area contributed by atoms with Gasteiger partial charge in [0.05, 0.1) is 0 Å². The highest BCUT2D eigenvalue weighted by Gasteiger charge is 2.11. The minimum Gasteiger partial charge on any atom is -0.381 e. The van der Waals surface area contributed by atoms with E-state index in [1.54, 1.807) is 0 Å². The first kappa shape index (κ1) is 37.0. The predicted molar refractivity (Wildman–Crippen MR) is 50.9 cm³/mol. The van der Waals surface area contributed by atoms with Gasteiger partial charge in [0.15, 0.2) is 0 Å². The van der Waals surface area contributed by atoms with E-state index in [1.807, 2.05) is 0 Å². The molecule has 1 rings (SSSR count). The lowest BCUT2D eigenvalue weighted by atomic mass is 10.0. The van der Waals surface area contributed by atoms with E-state index in [-0.39, 0.29) is 0 Å². The fourth-order valence-corrected chi connectivity index (χ4v) is 1.10. The molecule has 0 saturated carbocycles. The van der Waals surface area contributed by atoms with E-state index in [2.05, 4.69) is 10.0 Å².